The molecule has 0 atom stereocenters. The largest absolute Gasteiger partial charge is 0.310 e. The molecule has 0 fully saturated rings. The first-order chi connectivity index (χ1) is 31.6. The van der Waals surface area contributed by atoms with Crippen LogP contribution in [0.2, 0.25) is 0 Å². The van der Waals surface area contributed by atoms with Crippen LogP contribution in [0.25, 0.3) is 49.9 Å². The van der Waals surface area contributed by atoms with Gasteiger partial charge in [-0.15, -0.1) is 0 Å². The van der Waals surface area contributed by atoms with Crippen LogP contribution in [-0.2, 0) is 10.8 Å². The summed E-state index contributed by atoms with van der Waals surface area (Å²) in [6.45, 7) is 7.00. The van der Waals surface area contributed by atoms with Gasteiger partial charge in [0.05, 0.1) is 10.8 Å². The zero-order valence-electron chi connectivity index (χ0n) is 35.6. The van der Waals surface area contributed by atoms with Crippen molar-refractivity contribution in [1.29, 1.82) is 0 Å². The molecule has 3 aliphatic rings. The predicted molar refractivity (Wildman–Crippen MR) is 266 cm³/mol. The van der Waals surface area contributed by atoms with Crippen LogP contribution in [0.4, 0.5) is 11.4 Å². The van der Waals surface area contributed by atoms with Crippen molar-refractivity contribution in [2.45, 2.75) is 17.8 Å². The van der Waals surface area contributed by atoms with Gasteiger partial charge in [-0.3, -0.25) is 0 Å². The van der Waals surface area contributed by atoms with Crippen molar-refractivity contribution in [3.63, 3.8) is 0 Å². The Morgan fingerprint density at radius 2 is 0.828 bits per heavy atom. The van der Waals surface area contributed by atoms with E-state index in [1.54, 1.807) is 0 Å². The van der Waals surface area contributed by atoms with Crippen molar-refractivity contribution < 1.29 is 0 Å². The minimum absolute atomic E-state index is 0.533. The van der Waals surface area contributed by atoms with Gasteiger partial charge in [-0.1, -0.05) is 219 Å². The fraction of sp³-hybridized carbons (Fsp3) is 0.0476. The zero-order valence-corrected chi connectivity index (χ0v) is 35.6. The number of hydrogen-bond acceptors (Lipinski definition) is 1. The number of hydrogen-bond donors (Lipinski definition) is 0. The van der Waals surface area contributed by atoms with Crippen LogP contribution in [0.5, 0.6) is 0 Å². The summed E-state index contributed by atoms with van der Waals surface area (Å²) >= 11 is 0. The summed E-state index contributed by atoms with van der Waals surface area (Å²) in [6.07, 6.45) is 0. The Morgan fingerprint density at radius 1 is 0.375 bits per heavy atom. The molecule has 0 bridgehead atoms. The summed E-state index contributed by atoms with van der Waals surface area (Å²) in [5.74, 6) is 0. The number of anilines is 2. The van der Waals surface area contributed by atoms with E-state index in [4.69, 9.17) is 6.58 Å². The van der Waals surface area contributed by atoms with E-state index < -0.39 is 10.8 Å². The third-order valence-corrected chi connectivity index (χ3v) is 14.6. The molecule has 1 nitrogen and oxygen atoms in total. The van der Waals surface area contributed by atoms with E-state index >= 15 is 0 Å². The molecule has 2 spiro atoms. The van der Waals surface area contributed by atoms with Gasteiger partial charge >= 0.3 is 0 Å². The van der Waals surface area contributed by atoms with Gasteiger partial charge in [-0.25, -0.2) is 0 Å². The Balaban J connectivity index is 1.07. The molecule has 0 radical (unpaired) electrons. The lowest BCUT2D eigenvalue weighted by Gasteiger charge is -2.49. The summed E-state index contributed by atoms with van der Waals surface area (Å²) in [5, 5.41) is 2.42. The molecule has 3 aliphatic carbocycles. The first-order valence-electron chi connectivity index (χ1n) is 22.4. The zero-order chi connectivity index (χ0) is 42.6. The lowest BCUT2D eigenvalue weighted by molar-refractivity contribution is 0.634. The van der Waals surface area contributed by atoms with E-state index in [2.05, 4.69) is 242 Å². The summed E-state index contributed by atoms with van der Waals surface area (Å²) in [7, 11) is 0. The minimum atomic E-state index is -0.576. The van der Waals surface area contributed by atoms with Crippen LogP contribution in [0.15, 0.2) is 237 Å². The lowest BCUT2D eigenvalue weighted by Crippen LogP contribution is -2.44. The summed E-state index contributed by atoms with van der Waals surface area (Å²) in [4.78, 5) is 2.32. The molecule has 0 aromatic heterocycles. The van der Waals surface area contributed by atoms with Gasteiger partial charge in [0, 0.05) is 17.1 Å². The average molecular weight is 814 g/mol. The predicted octanol–water partition coefficient (Wildman–Crippen LogP) is 15.7. The standard InChI is InChI=1S/C63H43N/c1-41-18-3-16-33-60(41)64(47-39-38-44-19-4-5-20-46(44)40-47)42(2)43-34-36-45(37-35-43)48-25-17-32-59-61(48)63(55-28-12-8-23-51(55)52-24-9-13-29-56(52)63)58-31-15-14-30-57(58)62(59)53-26-10-6-21-49(53)50-22-7-11-27-54(50)62/h3-40H,2H2,1H3. The second-order valence-electron chi connectivity index (χ2n) is 17.6. The SMILES string of the molecule is C=C(c1ccc(-c2cccc3c2C2(c4ccccc4-c4ccccc42)c2ccccc2C32c3ccccc3-c3ccccc32)cc1)N(c1ccc2ccccc2c1)c1ccccc1C. The third kappa shape index (κ3) is 4.79. The summed E-state index contributed by atoms with van der Waals surface area (Å²) in [5.41, 5.74) is 22.6. The van der Waals surface area contributed by atoms with Crippen LogP contribution < -0.4 is 4.90 Å². The van der Waals surface area contributed by atoms with Gasteiger partial charge in [0.25, 0.3) is 0 Å². The Kier molecular flexibility index (Phi) is 7.87. The van der Waals surface area contributed by atoms with Crippen molar-refractivity contribution in [3.8, 4) is 33.4 Å². The smallest absolute Gasteiger partial charge is 0.0725 e. The Morgan fingerprint density at radius 3 is 1.42 bits per heavy atom. The van der Waals surface area contributed by atoms with Gasteiger partial charge in [-0.2, -0.15) is 0 Å². The highest BCUT2D eigenvalue weighted by molar-refractivity contribution is 5.97. The molecule has 0 amide bonds. The van der Waals surface area contributed by atoms with E-state index in [9.17, 15) is 0 Å². The lowest BCUT2D eigenvalue weighted by atomic mass is 9.51. The van der Waals surface area contributed by atoms with E-state index in [0.717, 1.165) is 22.6 Å². The number of aryl methyl sites for hydroxylation is 1. The minimum Gasteiger partial charge on any atom is -0.310 e. The summed E-state index contributed by atoms with van der Waals surface area (Å²) < 4.78 is 0. The number of rotatable bonds is 5. The van der Waals surface area contributed by atoms with Gasteiger partial charge in [-0.05, 0) is 125 Å². The number of para-hydroxylation sites is 1. The Labute approximate surface area is 374 Å². The second kappa shape index (κ2) is 13.8. The number of benzene rings is 10. The molecule has 0 aliphatic heterocycles. The molecule has 0 saturated heterocycles. The Bertz CT molecular complexity index is 3460. The van der Waals surface area contributed by atoms with Crippen LogP contribution in [0.3, 0.4) is 0 Å². The molecular formula is C63H43N. The molecule has 13 rings (SSSR count). The van der Waals surface area contributed by atoms with E-state index in [1.807, 2.05) is 0 Å². The highest BCUT2D eigenvalue weighted by atomic mass is 15.1. The maximum atomic E-state index is 4.82. The van der Waals surface area contributed by atoms with Crippen LogP contribution >= 0.6 is 0 Å². The summed E-state index contributed by atoms with van der Waals surface area (Å²) in [6, 6.07) is 86.1. The van der Waals surface area contributed by atoms with Gasteiger partial charge in [0.2, 0.25) is 0 Å². The number of fused-ring (bicyclic) bond motifs is 17. The highest BCUT2D eigenvalue weighted by Crippen LogP contribution is 2.68. The van der Waals surface area contributed by atoms with Crippen molar-refractivity contribution in [2.75, 3.05) is 4.90 Å². The van der Waals surface area contributed by atoms with Gasteiger partial charge in [0.1, 0.15) is 0 Å². The first kappa shape index (κ1) is 36.6. The Hall–Kier alpha value is -8.00. The fourth-order valence-electron chi connectivity index (χ4n) is 12.1. The number of nitrogens with zero attached hydrogens (tertiary/aromatic N) is 1. The molecule has 0 N–H and O–H groups in total. The molecule has 1 heteroatoms. The molecule has 10 aromatic carbocycles. The molecule has 10 aromatic rings. The van der Waals surface area contributed by atoms with Crippen molar-refractivity contribution >= 4 is 27.8 Å². The molecule has 0 saturated carbocycles. The van der Waals surface area contributed by atoms with E-state index in [-0.39, 0.29) is 0 Å². The van der Waals surface area contributed by atoms with Crippen molar-refractivity contribution in [1.82, 2.24) is 0 Å². The highest BCUT2D eigenvalue weighted by Gasteiger charge is 2.59. The van der Waals surface area contributed by atoms with Crippen molar-refractivity contribution in [3.05, 3.63) is 293 Å². The van der Waals surface area contributed by atoms with Gasteiger partial charge in [0.15, 0.2) is 0 Å². The van der Waals surface area contributed by atoms with Crippen molar-refractivity contribution in [2.24, 2.45) is 0 Å². The van der Waals surface area contributed by atoms with Crippen LogP contribution in [0.1, 0.15) is 55.6 Å². The molecule has 64 heavy (non-hydrogen) atoms. The normalized spacial score (nSPS) is 14.0. The molecule has 300 valence electrons. The van der Waals surface area contributed by atoms with E-state index in [1.165, 1.54) is 94.2 Å². The maximum Gasteiger partial charge on any atom is 0.0725 e. The monoisotopic (exact) mass is 813 g/mol. The average Bonchev–Trinajstić information content (AvgIpc) is 3.82. The topological polar surface area (TPSA) is 3.24 Å². The second-order valence-corrected chi connectivity index (χ2v) is 17.6. The van der Waals surface area contributed by atoms with E-state index in [0.29, 0.717) is 0 Å². The molecular weight excluding hydrogens is 771 g/mol. The fourth-order valence-corrected chi connectivity index (χ4v) is 12.1. The third-order valence-electron chi connectivity index (χ3n) is 14.6. The van der Waals surface area contributed by atoms with Crippen LogP contribution in [0, 0.1) is 6.92 Å². The van der Waals surface area contributed by atoms with Gasteiger partial charge < -0.3 is 4.90 Å². The maximum absolute atomic E-state index is 4.82. The van der Waals surface area contributed by atoms with Crippen LogP contribution in [-0.4, -0.2) is 0 Å². The molecule has 0 heterocycles. The quantitative estimate of drug-likeness (QED) is 0.167. The first-order valence-corrected chi connectivity index (χ1v) is 22.4. The molecule has 0 unspecified atom stereocenters.